The van der Waals surface area contributed by atoms with Crippen molar-refractivity contribution in [2.45, 2.75) is 0 Å². The molecule has 0 unspecified atom stereocenters. The zero-order valence-corrected chi connectivity index (χ0v) is 10.6. The molecule has 0 radical (unpaired) electrons. The zero-order valence-electron chi connectivity index (χ0n) is 10.6. The first kappa shape index (κ1) is 13.5. The lowest BCUT2D eigenvalue weighted by Crippen LogP contribution is -2.09. The molecule has 0 fully saturated rings. The quantitative estimate of drug-likeness (QED) is 0.814. The minimum atomic E-state index is -1.10. The number of hydrogen-bond donors (Lipinski definition) is 2. The molecule has 0 aliphatic carbocycles. The lowest BCUT2D eigenvalue weighted by atomic mass is 10.2. The summed E-state index contributed by atoms with van der Waals surface area (Å²) in [5, 5.41) is 15.3. The van der Waals surface area contributed by atoms with Crippen molar-refractivity contribution in [1.82, 2.24) is 14.8 Å². The molecule has 0 aliphatic rings. The molecule has 20 heavy (non-hydrogen) atoms. The normalized spacial score (nSPS) is 10.7. The summed E-state index contributed by atoms with van der Waals surface area (Å²) in [5.74, 6) is -1.48. The predicted octanol–water partition coefficient (Wildman–Crippen LogP) is 1.17. The fraction of sp³-hybridized carbons (Fsp3) is 0.0769. The fourth-order valence-corrected chi connectivity index (χ4v) is 1.52. The molecule has 2 rings (SSSR count). The number of aromatic nitrogens is 3. The third-order valence-corrected chi connectivity index (χ3v) is 2.52. The number of carbonyl (C=O) groups excluding carboxylic acids is 1. The molecule has 1 amide bonds. The molecule has 0 saturated carbocycles. The van der Waals surface area contributed by atoms with Crippen LogP contribution in [-0.4, -0.2) is 31.7 Å². The molecule has 0 bridgehead atoms. The van der Waals surface area contributed by atoms with Crippen LogP contribution in [-0.2, 0) is 11.8 Å². The molecular weight excluding hydrogens is 260 g/mol. The van der Waals surface area contributed by atoms with E-state index in [1.165, 1.54) is 24.5 Å². The van der Waals surface area contributed by atoms with Crippen molar-refractivity contribution in [2.24, 2.45) is 7.05 Å². The predicted molar refractivity (Wildman–Crippen MR) is 72.1 cm³/mol. The molecule has 2 aromatic heterocycles. The number of carbonyl (C=O) groups is 2. The van der Waals surface area contributed by atoms with Gasteiger partial charge in [-0.3, -0.25) is 14.5 Å². The van der Waals surface area contributed by atoms with Gasteiger partial charge in [-0.25, -0.2) is 4.79 Å². The van der Waals surface area contributed by atoms with Crippen LogP contribution >= 0.6 is 0 Å². The number of nitrogens with one attached hydrogen (secondary N) is 1. The highest BCUT2D eigenvalue weighted by Crippen LogP contribution is 2.08. The van der Waals surface area contributed by atoms with Gasteiger partial charge in [0.05, 0.1) is 23.1 Å². The van der Waals surface area contributed by atoms with E-state index < -0.39 is 5.97 Å². The van der Waals surface area contributed by atoms with Crippen molar-refractivity contribution in [3.63, 3.8) is 0 Å². The van der Waals surface area contributed by atoms with E-state index in [1.54, 1.807) is 30.1 Å². The summed E-state index contributed by atoms with van der Waals surface area (Å²) in [6, 6.07) is 3.10. The number of rotatable bonds is 4. The van der Waals surface area contributed by atoms with Gasteiger partial charge in [0.25, 0.3) is 0 Å². The highest BCUT2D eigenvalue weighted by Gasteiger charge is 2.05. The van der Waals surface area contributed by atoms with E-state index in [9.17, 15) is 9.59 Å². The molecule has 2 heterocycles. The Morgan fingerprint density at radius 3 is 2.85 bits per heavy atom. The summed E-state index contributed by atoms with van der Waals surface area (Å²) in [4.78, 5) is 26.2. The molecule has 2 N–H and O–H groups in total. The SMILES string of the molecule is Cn1nccc1C=CC(=O)Nc1cncc(C(=O)O)c1. The van der Waals surface area contributed by atoms with Gasteiger partial charge in [-0.15, -0.1) is 0 Å². The Morgan fingerprint density at radius 1 is 1.40 bits per heavy atom. The van der Waals surface area contributed by atoms with E-state index in [0.717, 1.165) is 5.69 Å². The summed E-state index contributed by atoms with van der Waals surface area (Å²) in [6.45, 7) is 0. The lowest BCUT2D eigenvalue weighted by Gasteiger charge is -2.02. The van der Waals surface area contributed by atoms with Crippen molar-refractivity contribution < 1.29 is 14.7 Å². The first-order chi connectivity index (χ1) is 9.56. The third kappa shape index (κ3) is 3.29. The largest absolute Gasteiger partial charge is 0.478 e. The van der Waals surface area contributed by atoms with Gasteiger partial charge in [0.15, 0.2) is 0 Å². The number of carboxylic acids is 1. The van der Waals surface area contributed by atoms with E-state index >= 15 is 0 Å². The Labute approximate surface area is 114 Å². The number of hydrogen-bond acceptors (Lipinski definition) is 4. The van der Waals surface area contributed by atoms with Gasteiger partial charge in [-0.05, 0) is 18.2 Å². The van der Waals surface area contributed by atoms with E-state index in [2.05, 4.69) is 15.4 Å². The molecule has 0 atom stereocenters. The van der Waals surface area contributed by atoms with Crippen LogP contribution in [0.15, 0.2) is 36.8 Å². The van der Waals surface area contributed by atoms with Gasteiger partial charge >= 0.3 is 5.97 Å². The Kier molecular flexibility index (Phi) is 3.90. The van der Waals surface area contributed by atoms with Crippen molar-refractivity contribution in [3.05, 3.63) is 48.1 Å². The fourth-order valence-electron chi connectivity index (χ4n) is 1.52. The summed E-state index contributed by atoms with van der Waals surface area (Å²) in [7, 11) is 1.76. The second kappa shape index (κ2) is 5.79. The number of aromatic carboxylic acids is 1. The molecular formula is C13H12N4O3. The second-order valence-electron chi connectivity index (χ2n) is 3.97. The zero-order chi connectivity index (χ0) is 14.5. The topological polar surface area (TPSA) is 97.1 Å². The van der Waals surface area contributed by atoms with Gasteiger partial charge in [0.1, 0.15) is 0 Å². The van der Waals surface area contributed by atoms with E-state index in [4.69, 9.17) is 5.11 Å². The van der Waals surface area contributed by atoms with Crippen LogP contribution in [0.4, 0.5) is 5.69 Å². The van der Waals surface area contributed by atoms with Crippen molar-refractivity contribution >= 4 is 23.6 Å². The Morgan fingerprint density at radius 2 is 2.20 bits per heavy atom. The van der Waals surface area contributed by atoms with Crippen LogP contribution < -0.4 is 5.32 Å². The first-order valence-corrected chi connectivity index (χ1v) is 5.71. The van der Waals surface area contributed by atoms with Gasteiger partial charge < -0.3 is 10.4 Å². The molecule has 0 aliphatic heterocycles. The minimum absolute atomic E-state index is 0.0124. The summed E-state index contributed by atoms with van der Waals surface area (Å²) >= 11 is 0. The molecule has 0 saturated heterocycles. The maximum atomic E-state index is 11.7. The molecule has 102 valence electrons. The first-order valence-electron chi connectivity index (χ1n) is 5.71. The van der Waals surface area contributed by atoms with Gasteiger partial charge in [-0.1, -0.05) is 0 Å². The van der Waals surface area contributed by atoms with E-state index in [0.29, 0.717) is 5.69 Å². The van der Waals surface area contributed by atoms with Crippen molar-refractivity contribution in [3.8, 4) is 0 Å². The number of aryl methyl sites for hydroxylation is 1. The van der Waals surface area contributed by atoms with E-state index in [1.807, 2.05) is 0 Å². The second-order valence-corrected chi connectivity index (χ2v) is 3.97. The highest BCUT2D eigenvalue weighted by atomic mass is 16.4. The van der Waals surface area contributed by atoms with Crippen LogP contribution in [0.2, 0.25) is 0 Å². The number of pyridine rings is 1. The third-order valence-electron chi connectivity index (χ3n) is 2.52. The Balaban J connectivity index is 2.05. The van der Waals surface area contributed by atoms with Crippen LogP contribution in [0, 0.1) is 0 Å². The summed E-state index contributed by atoms with van der Waals surface area (Å²) in [5.41, 5.74) is 1.11. The molecule has 0 aromatic carbocycles. The average molecular weight is 272 g/mol. The maximum Gasteiger partial charge on any atom is 0.337 e. The molecule has 0 spiro atoms. The van der Waals surface area contributed by atoms with Crippen LogP contribution in [0.5, 0.6) is 0 Å². The maximum absolute atomic E-state index is 11.7. The monoisotopic (exact) mass is 272 g/mol. The highest BCUT2D eigenvalue weighted by molar-refractivity contribution is 6.02. The van der Waals surface area contributed by atoms with Crippen molar-refractivity contribution in [1.29, 1.82) is 0 Å². The molecule has 7 nitrogen and oxygen atoms in total. The van der Waals surface area contributed by atoms with Crippen molar-refractivity contribution in [2.75, 3.05) is 5.32 Å². The number of anilines is 1. The smallest absolute Gasteiger partial charge is 0.337 e. The Bertz CT molecular complexity index is 676. The standard InChI is InChI=1S/C13H12N4O3/c1-17-11(4-5-15-17)2-3-12(18)16-10-6-9(13(19)20)7-14-8-10/h2-8H,1H3,(H,16,18)(H,19,20). The average Bonchev–Trinajstić information content (AvgIpc) is 2.82. The van der Waals surface area contributed by atoms with E-state index in [-0.39, 0.29) is 11.5 Å². The lowest BCUT2D eigenvalue weighted by molar-refractivity contribution is -0.111. The van der Waals surface area contributed by atoms with Gasteiger partial charge in [-0.2, -0.15) is 5.10 Å². The van der Waals surface area contributed by atoms with Gasteiger partial charge in [0.2, 0.25) is 5.91 Å². The summed E-state index contributed by atoms with van der Waals surface area (Å²) in [6.07, 6.45) is 7.16. The minimum Gasteiger partial charge on any atom is -0.478 e. The summed E-state index contributed by atoms with van der Waals surface area (Å²) < 4.78 is 1.62. The molecule has 7 heteroatoms. The van der Waals surface area contributed by atoms with Gasteiger partial charge in [0, 0.05) is 25.5 Å². The van der Waals surface area contributed by atoms with Crippen LogP contribution in [0.25, 0.3) is 6.08 Å². The molecule has 2 aromatic rings. The van der Waals surface area contributed by atoms with Crippen LogP contribution in [0.3, 0.4) is 0 Å². The Hall–Kier alpha value is -2.96. The number of carboxylic acid groups (broad SMARTS) is 1. The number of amides is 1. The van der Waals surface area contributed by atoms with Crippen LogP contribution in [0.1, 0.15) is 16.1 Å². The number of nitrogens with zero attached hydrogens (tertiary/aromatic N) is 3.